The molecule has 2 aliphatic heterocycles. The summed E-state index contributed by atoms with van der Waals surface area (Å²) in [6, 6.07) is 0. The molecule has 33 heavy (non-hydrogen) atoms. The van der Waals surface area contributed by atoms with Crippen molar-refractivity contribution in [3.05, 3.63) is 0 Å². The maximum atomic E-state index is 13.5. The van der Waals surface area contributed by atoms with Gasteiger partial charge in [0.05, 0.1) is 9.83 Å². The Balaban J connectivity index is 1.30. The molecule has 4 rings (SSSR count). The van der Waals surface area contributed by atoms with Gasteiger partial charge in [0, 0.05) is 13.1 Å². The molecule has 7 atom stereocenters. The van der Waals surface area contributed by atoms with Gasteiger partial charge in [-0.2, -0.15) is 11.8 Å². The zero-order chi connectivity index (χ0) is 23.6. The van der Waals surface area contributed by atoms with Crippen molar-refractivity contribution < 1.29 is 9.59 Å². The van der Waals surface area contributed by atoms with E-state index < -0.39 is 8.32 Å². The van der Waals surface area contributed by atoms with Crippen LogP contribution in [0.3, 0.4) is 0 Å². The van der Waals surface area contributed by atoms with Crippen LogP contribution in [-0.2, 0) is 4.79 Å². The van der Waals surface area contributed by atoms with E-state index in [9.17, 15) is 9.59 Å². The Kier molecular flexibility index (Phi) is 9.25. The van der Waals surface area contributed by atoms with Gasteiger partial charge in [0.2, 0.25) is 5.91 Å². The van der Waals surface area contributed by atoms with E-state index >= 15 is 0 Å². The third-order valence-corrected chi connectivity index (χ3v) is 15.2. The molecule has 1 amide bonds. The van der Waals surface area contributed by atoms with Gasteiger partial charge in [0.15, 0.2) is 8.32 Å². The summed E-state index contributed by atoms with van der Waals surface area (Å²) in [6.07, 6.45) is 16.0. The van der Waals surface area contributed by atoms with Crippen LogP contribution in [0.1, 0.15) is 70.6 Å². The number of hydrogen-bond donors (Lipinski definition) is 2. The molecule has 4 nitrogen and oxygen atoms in total. The molecule has 7 unspecified atom stereocenters. The van der Waals surface area contributed by atoms with E-state index in [0.29, 0.717) is 27.9 Å². The second-order valence-electron chi connectivity index (χ2n) is 12.1. The maximum absolute atomic E-state index is 13.5. The Morgan fingerprint density at radius 2 is 1.70 bits per heavy atom. The van der Waals surface area contributed by atoms with Crippen LogP contribution in [0, 0.1) is 29.6 Å². The highest BCUT2D eigenvalue weighted by Gasteiger charge is 2.46. The van der Waals surface area contributed by atoms with Crippen molar-refractivity contribution in [3.8, 4) is 0 Å². The molecule has 2 saturated carbocycles. The minimum Gasteiger partial charge on any atom is -0.432 e. The van der Waals surface area contributed by atoms with E-state index in [1.807, 2.05) is 23.5 Å². The Bertz CT molecular complexity index is 653. The second-order valence-corrected chi connectivity index (χ2v) is 18.8. The summed E-state index contributed by atoms with van der Waals surface area (Å²) in [5.41, 5.74) is 6.51. The van der Waals surface area contributed by atoms with Gasteiger partial charge in [-0.3, -0.25) is 4.79 Å². The minimum absolute atomic E-state index is 0.153. The molecule has 2 heterocycles. The van der Waals surface area contributed by atoms with Gasteiger partial charge in [0.25, 0.3) is 0 Å². The zero-order valence-electron chi connectivity index (χ0n) is 21.2. The first-order chi connectivity index (χ1) is 15.8. The molecular weight excluding hydrogens is 465 g/mol. The van der Waals surface area contributed by atoms with Gasteiger partial charge in [-0.1, -0.05) is 32.1 Å². The van der Waals surface area contributed by atoms with Crippen LogP contribution in [0.15, 0.2) is 0 Å². The van der Waals surface area contributed by atoms with Gasteiger partial charge in [-0.05, 0) is 99.6 Å². The monoisotopic (exact) mass is 512 g/mol. The van der Waals surface area contributed by atoms with Gasteiger partial charge in [-0.25, -0.2) is 0 Å². The van der Waals surface area contributed by atoms with Crippen molar-refractivity contribution in [2.45, 2.75) is 99.1 Å². The Labute approximate surface area is 212 Å². The van der Waals surface area contributed by atoms with Gasteiger partial charge < -0.3 is 15.4 Å². The Hall–Kier alpha value is 0.307. The average Bonchev–Trinajstić information content (AvgIpc) is 3.28. The first kappa shape index (κ1) is 26.4. The van der Waals surface area contributed by atoms with E-state index in [-0.39, 0.29) is 5.25 Å². The number of nitrogens with zero attached hydrogens (tertiary/aromatic N) is 1. The van der Waals surface area contributed by atoms with E-state index in [1.54, 1.807) is 0 Å². The molecule has 4 aliphatic rings. The fraction of sp³-hybridized carbons (Fsp3) is 0.962. The summed E-state index contributed by atoms with van der Waals surface area (Å²) in [5.74, 6) is 4.12. The summed E-state index contributed by atoms with van der Waals surface area (Å²) >= 11 is 3.92. The quantitative estimate of drug-likeness (QED) is 0.456. The average molecular weight is 513 g/mol. The predicted octanol–water partition coefficient (Wildman–Crippen LogP) is 5.56. The lowest BCUT2D eigenvalue weighted by Crippen LogP contribution is -2.44. The molecule has 0 bridgehead atoms. The van der Waals surface area contributed by atoms with Crippen molar-refractivity contribution in [1.82, 2.24) is 4.90 Å². The van der Waals surface area contributed by atoms with Gasteiger partial charge >= 0.3 is 0 Å². The molecule has 0 aromatic carbocycles. The molecule has 4 fully saturated rings. The topological polar surface area (TPSA) is 66.6 Å². The molecular formula is C26H48N2O2S2Si. The number of piperidine rings is 1. The molecule has 2 saturated heterocycles. The molecule has 7 heteroatoms. The summed E-state index contributed by atoms with van der Waals surface area (Å²) in [4.78, 5) is 26.5. The molecule has 2 aliphatic carbocycles. The number of amides is 1. The van der Waals surface area contributed by atoms with E-state index in [1.165, 1.54) is 64.2 Å². The van der Waals surface area contributed by atoms with Crippen LogP contribution in [0.2, 0.25) is 18.6 Å². The van der Waals surface area contributed by atoms with Gasteiger partial charge in [0.1, 0.15) is 0 Å². The SMILES string of the molecule is CSC1SC(C(=O)N2CCC(C3CCCC(CN)C3)CC2)CC1C1CCCC([Si](C)(C)O)C1. The second kappa shape index (κ2) is 11.6. The lowest BCUT2D eigenvalue weighted by atomic mass is 9.72. The number of likely N-dealkylation sites (tertiary alicyclic amines) is 1. The van der Waals surface area contributed by atoms with Crippen LogP contribution in [0.25, 0.3) is 0 Å². The number of thioether (sulfide) groups is 2. The molecule has 0 radical (unpaired) electrons. The smallest absolute Gasteiger partial charge is 0.235 e. The van der Waals surface area contributed by atoms with E-state index in [4.69, 9.17) is 5.73 Å². The molecule has 0 spiro atoms. The van der Waals surface area contributed by atoms with Crippen molar-refractivity contribution in [1.29, 1.82) is 0 Å². The van der Waals surface area contributed by atoms with Crippen LogP contribution in [0.5, 0.6) is 0 Å². The summed E-state index contributed by atoms with van der Waals surface area (Å²) < 4.78 is 0.541. The normalized spacial score (nSPS) is 39.1. The zero-order valence-corrected chi connectivity index (χ0v) is 23.8. The van der Waals surface area contributed by atoms with Crippen LogP contribution >= 0.6 is 23.5 Å². The lowest BCUT2D eigenvalue weighted by Gasteiger charge is -2.40. The molecule has 0 aromatic heterocycles. The lowest BCUT2D eigenvalue weighted by molar-refractivity contribution is -0.132. The van der Waals surface area contributed by atoms with Crippen LogP contribution in [-0.4, -0.2) is 59.6 Å². The first-order valence-corrected chi connectivity index (χ1v) is 18.9. The highest BCUT2D eigenvalue weighted by Crippen LogP contribution is 2.53. The highest BCUT2D eigenvalue weighted by atomic mass is 32.2. The number of carbonyl (C=O) groups is 1. The molecule has 0 aromatic rings. The Morgan fingerprint density at radius 3 is 2.36 bits per heavy atom. The van der Waals surface area contributed by atoms with Crippen molar-refractivity contribution in [2.75, 3.05) is 25.9 Å². The van der Waals surface area contributed by atoms with Crippen LogP contribution in [0.4, 0.5) is 0 Å². The maximum Gasteiger partial charge on any atom is 0.235 e. The number of carbonyl (C=O) groups excluding carboxylic acids is 1. The van der Waals surface area contributed by atoms with Crippen molar-refractivity contribution in [3.63, 3.8) is 0 Å². The van der Waals surface area contributed by atoms with E-state index in [2.05, 4.69) is 24.2 Å². The highest BCUT2D eigenvalue weighted by molar-refractivity contribution is 8.17. The van der Waals surface area contributed by atoms with Crippen molar-refractivity contribution in [2.24, 2.45) is 35.3 Å². The molecule has 190 valence electrons. The third-order valence-electron chi connectivity index (χ3n) is 9.64. The number of nitrogens with two attached hydrogens (primary N) is 1. The Morgan fingerprint density at radius 1 is 1.00 bits per heavy atom. The predicted molar refractivity (Wildman–Crippen MR) is 146 cm³/mol. The fourth-order valence-electron chi connectivity index (χ4n) is 7.51. The summed E-state index contributed by atoms with van der Waals surface area (Å²) in [6.45, 7) is 7.03. The van der Waals surface area contributed by atoms with E-state index in [0.717, 1.165) is 43.8 Å². The first-order valence-electron chi connectivity index (χ1n) is 13.7. The van der Waals surface area contributed by atoms with Crippen LogP contribution < -0.4 is 5.73 Å². The largest absolute Gasteiger partial charge is 0.432 e. The number of rotatable bonds is 6. The fourth-order valence-corrected chi connectivity index (χ4v) is 12.3. The number of hydrogen-bond acceptors (Lipinski definition) is 5. The summed E-state index contributed by atoms with van der Waals surface area (Å²) in [7, 11) is -2.07. The summed E-state index contributed by atoms with van der Waals surface area (Å²) in [5, 5.41) is 0.153. The van der Waals surface area contributed by atoms with Crippen molar-refractivity contribution >= 4 is 37.7 Å². The third kappa shape index (κ3) is 6.36. The standard InChI is InChI=1S/C26H48N2O2S2Si/c1-31-26-23(21-8-5-9-22(15-21)33(2,3)30)16-24(32-26)25(29)28-12-10-19(11-13-28)20-7-4-6-18(14-20)17-27/h18-24,26,30H,4-17,27H2,1-3H3. The van der Waals surface area contributed by atoms with Gasteiger partial charge in [-0.15, -0.1) is 11.8 Å². The molecule has 3 N–H and O–H groups in total. The minimum atomic E-state index is -2.07.